The van der Waals surface area contributed by atoms with Crippen LogP contribution in [-0.2, 0) is 16.2 Å². The summed E-state index contributed by atoms with van der Waals surface area (Å²) < 4.78 is 0. The number of benzene rings is 6. The Bertz CT molecular complexity index is 2270. The number of allylic oxidation sites excluding steroid dienone is 4. The normalized spacial score (nSPS) is 15.4. The van der Waals surface area contributed by atoms with Gasteiger partial charge in [0.15, 0.2) is 8.07 Å². The van der Waals surface area contributed by atoms with Crippen molar-refractivity contribution in [2.24, 2.45) is 5.92 Å². The van der Waals surface area contributed by atoms with E-state index in [0.717, 1.165) is 0 Å². The maximum atomic E-state index is 2.63. The zero-order valence-corrected chi connectivity index (χ0v) is 38.4. The Hall–Kier alpha value is -4.98. The average molecular weight is 777 g/mol. The summed E-state index contributed by atoms with van der Waals surface area (Å²) in [6, 6.07) is 56.3. The van der Waals surface area contributed by atoms with Crippen LogP contribution in [-0.4, -0.2) is 8.07 Å². The van der Waals surface area contributed by atoms with E-state index < -0.39 is 8.07 Å². The van der Waals surface area contributed by atoms with E-state index in [1.165, 1.54) is 82.4 Å². The predicted octanol–water partition coefficient (Wildman–Crippen LogP) is 13.9. The highest BCUT2D eigenvalue weighted by Crippen LogP contribution is 2.44. The van der Waals surface area contributed by atoms with Crippen LogP contribution in [0.3, 0.4) is 0 Å². The Morgan fingerprint density at radius 3 is 0.897 bits per heavy atom. The molecule has 0 saturated carbocycles. The van der Waals surface area contributed by atoms with Gasteiger partial charge in [-0.3, -0.25) is 0 Å². The van der Waals surface area contributed by atoms with Crippen molar-refractivity contribution < 1.29 is 0 Å². The number of hydrogen-bond donors (Lipinski definition) is 0. The third-order valence-corrected chi connectivity index (χ3v) is 18.1. The number of hydrogen-bond acceptors (Lipinski definition) is 0. The molecule has 0 saturated heterocycles. The van der Waals surface area contributed by atoms with E-state index in [1.807, 2.05) is 0 Å². The second kappa shape index (κ2) is 15.3. The topological polar surface area (TPSA) is 0 Å². The molecule has 6 aromatic carbocycles. The van der Waals surface area contributed by atoms with Crippen LogP contribution in [0.5, 0.6) is 0 Å². The lowest BCUT2D eigenvalue weighted by atomic mass is 9.85. The van der Waals surface area contributed by atoms with Gasteiger partial charge in [-0.15, -0.1) is 0 Å². The maximum absolute atomic E-state index is 3.19. The fourth-order valence-corrected chi connectivity index (χ4v) is 14.9. The van der Waals surface area contributed by atoms with Crippen molar-refractivity contribution in [2.45, 2.75) is 106 Å². The average Bonchev–Trinajstić information content (AvgIpc) is 3.39. The first-order valence-corrected chi connectivity index (χ1v) is 23.3. The van der Waals surface area contributed by atoms with Crippen LogP contribution < -0.4 is 15.6 Å². The molecule has 1 unspecified atom stereocenters. The van der Waals surface area contributed by atoms with Gasteiger partial charge in [-0.05, 0) is 114 Å². The van der Waals surface area contributed by atoms with Gasteiger partial charge in [0.1, 0.15) is 0 Å². The summed E-state index contributed by atoms with van der Waals surface area (Å²) in [6.45, 7) is 31.1. The van der Waals surface area contributed by atoms with Crippen molar-refractivity contribution in [1.29, 1.82) is 0 Å². The third-order valence-electron chi connectivity index (χ3n) is 13.1. The molecule has 0 radical (unpaired) electrons. The fourth-order valence-electron chi connectivity index (χ4n) is 9.16. The molecule has 0 nitrogen and oxygen atoms in total. The van der Waals surface area contributed by atoms with Crippen LogP contribution in [0.25, 0.3) is 33.4 Å². The molecule has 1 aliphatic carbocycles. The molecule has 58 heavy (non-hydrogen) atoms. The van der Waals surface area contributed by atoms with Crippen molar-refractivity contribution in [3.8, 4) is 33.4 Å². The maximum Gasteiger partial charge on any atom is 0.176 e. The summed E-state index contributed by atoms with van der Waals surface area (Å²) in [5.41, 5.74) is 15.9. The molecular weight excluding hydrogens is 713 g/mol. The van der Waals surface area contributed by atoms with Crippen LogP contribution >= 0.6 is 0 Å². The molecule has 0 N–H and O–H groups in total. The number of rotatable bonds is 7. The monoisotopic (exact) mass is 776 g/mol. The summed E-state index contributed by atoms with van der Waals surface area (Å²) in [7, 11) is -3.19. The minimum atomic E-state index is -3.19. The van der Waals surface area contributed by atoms with Crippen molar-refractivity contribution in [3.05, 3.63) is 184 Å². The van der Waals surface area contributed by atoms with E-state index in [9.17, 15) is 0 Å². The van der Waals surface area contributed by atoms with Crippen LogP contribution in [0, 0.1) is 5.92 Å². The summed E-state index contributed by atoms with van der Waals surface area (Å²) in [5, 5.41) is 5.98. The zero-order chi connectivity index (χ0) is 41.8. The lowest BCUT2D eigenvalue weighted by molar-refractivity contribution is 0.591. The molecule has 0 aromatic heterocycles. The molecule has 0 fully saturated rings. The van der Waals surface area contributed by atoms with Crippen LogP contribution in [0.2, 0.25) is 0 Å². The van der Waals surface area contributed by atoms with Crippen molar-refractivity contribution in [2.75, 3.05) is 0 Å². The first kappa shape index (κ1) is 41.2. The third kappa shape index (κ3) is 7.67. The minimum absolute atomic E-state index is 0.0700. The van der Waals surface area contributed by atoms with Gasteiger partial charge in [0, 0.05) is 0 Å². The molecule has 7 rings (SSSR count). The molecule has 0 heterocycles. The largest absolute Gasteiger partial charge is 0.176 e. The Morgan fingerprint density at radius 2 is 0.655 bits per heavy atom. The standard InChI is InChI=1S/C57H64Si/c1-38-39(2)41(4)54(40(38)3)58(51-32-45(42-23-17-14-18-24-42)29-48(35-51)55(5,6)7,52-33-46(43-25-19-15-20-26-43)30-49(36-52)56(8,9)10)53-34-47(44-27-21-16-22-28-44)31-50(37-53)57(11,12)13/h14-37,40H,1-13H3. The Labute approximate surface area is 351 Å². The molecule has 1 heteroatoms. The predicted molar refractivity (Wildman–Crippen MR) is 257 cm³/mol. The smallest absolute Gasteiger partial charge is 0.0636 e. The van der Waals surface area contributed by atoms with Crippen LogP contribution in [0.15, 0.2) is 168 Å². The van der Waals surface area contributed by atoms with E-state index in [0.29, 0.717) is 0 Å². The fraction of sp³-hybridized carbons (Fsp3) is 0.298. The van der Waals surface area contributed by atoms with Crippen molar-refractivity contribution in [3.63, 3.8) is 0 Å². The molecular formula is C57H64Si. The van der Waals surface area contributed by atoms with Gasteiger partial charge < -0.3 is 0 Å². The molecule has 0 aliphatic heterocycles. The summed E-state index contributed by atoms with van der Waals surface area (Å²) in [4.78, 5) is 0. The van der Waals surface area contributed by atoms with Crippen LogP contribution in [0.4, 0.5) is 0 Å². The molecule has 0 amide bonds. The van der Waals surface area contributed by atoms with E-state index in [-0.39, 0.29) is 22.2 Å². The Kier molecular flexibility index (Phi) is 10.9. The Balaban J connectivity index is 1.78. The van der Waals surface area contributed by atoms with Gasteiger partial charge in [-0.1, -0.05) is 231 Å². The molecule has 6 aromatic rings. The second-order valence-electron chi connectivity index (χ2n) is 20.1. The zero-order valence-electron chi connectivity index (χ0n) is 37.4. The summed E-state index contributed by atoms with van der Waals surface area (Å²) in [6.07, 6.45) is 0. The van der Waals surface area contributed by atoms with E-state index >= 15 is 0 Å². The lowest BCUT2D eigenvalue weighted by Gasteiger charge is -2.41. The highest BCUT2D eigenvalue weighted by Gasteiger charge is 2.49. The van der Waals surface area contributed by atoms with Gasteiger partial charge in [0.25, 0.3) is 0 Å². The second-order valence-corrected chi connectivity index (χ2v) is 23.8. The summed E-state index contributed by atoms with van der Waals surface area (Å²) >= 11 is 0. The first-order chi connectivity index (χ1) is 27.3. The van der Waals surface area contributed by atoms with Crippen molar-refractivity contribution >= 4 is 23.6 Å². The molecule has 1 atom stereocenters. The van der Waals surface area contributed by atoms with Gasteiger partial charge in [0.05, 0.1) is 0 Å². The molecule has 0 spiro atoms. The van der Waals surface area contributed by atoms with E-state index in [4.69, 9.17) is 0 Å². The SMILES string of the molecule is CC1=C(C)C(C)C([Si](c2cc(-c3ccccc3)cc(C(C)(C)C)c2)(c2cc(-c3ccccc3)cc(C(C)(C)C)c2)c2cc(-c3ccccc3)cc(C(C)(C)C)c2)=C1C. The molecule has 296 valence electrons. The van der Waals surface area contributed by atoms with E-state index in [2.05, 4.69) is 236 Å². The lowest BCUT2D eigenvalue weighted by Crippen LogP contribution is -2.70. The van der Waals surface area contributed by atoms with Crippen LogP contribution in [0.1, 0.15) is 107 Å². The van der Waals surface area contributed by atoms with Crippen molar-refractivity contribution in [1.82, 2.24) is 0 Å². The quantitative estimate of drug-likeness (QED) is 0.112. The highest BCUT2D eigenvalue weighted by atomic mass is 28.3. The van der Waals surface area contributed by atoms with Gasteiger partial charge in [-0.2, -0.15) is 0 Å². The first-order valence-electron chi connectivity index (χ1n) is 21.3. The minimum Gasteiger partial charge on any atom is -0.0636 e. The highest BCUT2D eigenvalue weighted by molar-refractivity contribution is 7.16. The Morgan fingerprint density at radius 1 is 0.362 bits per heavy atom. The van der Waals surface area contributed by atoms with Gasteiger partial charge in [0.2, 0.25) is 0 Å². The molecule has 0 bridgehead atoms. The van der Waals surface area contributed by atoms with Gasteiger partial charge >= 0.3 is 0 Å². The van der Waals surface area contributed by atoms with Gasteiger partial charge in [-0.25, -0.2) is 0 Å². The molecule has 1 aliphatic rings. The van der Waals surface area contributed by atoms with E-state index in [1.54, 1.807) is 5.20 Å². The summed E-state index contributed by atoms with van der Waals surface area (Å²) in [5.74, 6) is 0.280.